The zero-order valence-electron chi connectivity index (χ0n) is 11.1. The predicted octanol–water partition coefficient (Wildman–Crippen LogP) is 1.81. The number of methoxy groups -OCH3 is 1. The molecule has 1 N–H and O–H groups in total. The molecule has 0 atom stereocenters. The number of rotatable bonds is 5. The third kappa shape index (κ3) is 3.16. The largest absolute Gasteiger partial charge is 0.497 e. The monoisotopic (exact) mass is 258 g/mol. The molecule has 0 aromatic heterocycles. The van der Waals surface area contributed by atoms with E-state index in [0.29, 0.717) is 5.56 Å². The molecule has 1 aliphatic heterocycles. The predicted molar refractivity (Wildman–Crippen MR) is 75.2 cm³/mol. The van der Waals surface area contributed by atoms with Gasteiger partial charge in [-0.3, -0.25) is 4.79 Å². The van der Waals surface area contributed by atoms with Crippen molar-refractivity contribution < 1.29 is 9.53 Å². The van der Waals surface area contributed by atoms with Crippen LogP contribution in [0, 0.1) is 0 Å². The van der Waals surface area contributed by atoms with E-state index in [4.69, 9.17) is 4.74 Å². The molecular formula is C15H18N2O2. The van der Waals surface area contributed by atoms with Crippen molar-refractivity contribution in [3.8, 4) is 5.75 Å². The smallest absolute Gasteiger partial charge is 0.189 e. The third-order valence-electron chi connectivity index (χ3n) is 3.02. The number of carbonyl (C=O) groups is 1. The van der Waals surface area contributed by atoms with Gasteiger partial charge in [0.2, 0.25) is 0 Å². The molecule has 0 amide bonds. The van der Waals surface area contributed by atoms with Gasteiger partial charge in [-0.15, -0.1) is 6.58 Å². The highest BCUT2D eigenvalue weighted by molar-refractivity contribution is 6.04. The Kier molecular flexibility index (Phi) is 4.23. The summed E-state index contributed by atoms with van der Waals surface area (Å²) in [5.41, 5.74) is 0.653. The molecule has 1 aromatic carbocycles. The average molecular weight is 258 g/mol. The molecule has 0 spiro atoms. The third-order valence-corrected chi connectivity index (χ3v) is 3.02. The molecule has 0 unspecified atom stereocenters. The molecule has 100 valence electrons. The van der Waals surface area contributed by atoms with E-state index in [1.54, 1.807) is 37.5 Å². The van der Waals surface area contributed by atoms with Crippen LogP contribution in [0.2, 0.25) is 0 Å². The summed E-state index contributed by atoms with van der Waals surface area (Å²) in [6, 6.07) is 7.11. The lowest BCUT2D eigenvalue weighted by Crippen LogP contribution is -2.21. The number of ether oxygens (including phenoxy) is 1. The number of hydrogen-bond acceptors (Lipinski definition) is 4. The molecule has 2 rings (SSSR count). The van der Waals surface area contributed by atoms with Gasteiger partial charge in [0.25, 0.3) is 0 Å². The highest BCUT2D eigenvalue weighted by Gasteiger charge is 2.16. The molecule has 1 fully saturated rings. The normalized spacial score (nSPS) is 16.3. The van der Waals surface area contributed by atoms with E-state index >= 15 is 0 Å². The Balaban J connectivity index is 2.12. The van der Waals surface area contributed by atoms with Gasteiger partial charge in [-0.2, -0.15) is 0 Å². The zero-order chi connectivity index (χ0) is 13.7. The first-order valence-electron chi connectivity index (χ1n) is 6.24. The zero-order valence-corrected chi connectivity index (χ0v) is 11.1. The topological polar surface area (TPSA) is 41.6 Å². The molecule has 0 saturated carbocycles. The molecule has 0 bridgehead atoms. The van der Waals surface area contributed by atoms with Crippen LogP contribution >= 0.6 is 0 Å². The van der Waals surface area contributed by atoms with Gasteiger partial charge < -0.3 is 15.0 Å². The summed E-state index contributed by atoms with van der Waals surface area (Å²) in [6.07, 6.45) is 3.47. The summed E-state index contributed by atoms with van der Waals surface area (Å²) in [5, 5.41) is 3.21. The van der Waals surface area contributed by atoms with E-state index in [1.165, 1.54) is 0 Å². The Labute approximate surface area is 113 Å². The number of ketones is 1. The summed E-state index contributed by atoms with van der Waals surface area (Å²) < 4.78 is 5.07. The van der Waals surface area contributed by atoms with Crippen molar-refractivity contribution in [2.24, 2.45) is 0 Å². The Morgan fingerprint density at radius 3 is 2.84 bits per heavy atom. The van der Waals surface area contributed by atoms with Crippen LogP contribution in [-0.4, -0.2) is 37.4 Å². The summed E-state index contributed by atoms with van der Waals surface area (Å²) >= 11 is 0. The lowest BCUT2D eigenvalue weighted by Gasteiger charge is -2.16. The van der Waals surface area contributed by atoms with Crippen molar-refractivity contribution in [2.45, 2.75) is 0 Å². The summed E-state index contributed by atoms with van der Waals surface area (Å²) in [7, 11) is 1.61. The minimum Gasteiger partial charge on any atom is -0.497 e. The van der Waals surface area contributed by atoms with E-state index in [1.807, 2.05) is 6.08 Å². The van der Waals surface area contributed by atoms with Crippen LogP contribution in [-0.2, 0) is 0 Å². The maximum Gasteiger partial charge on any atom is 0.189 e. The van der Waals surface area contributed by atoms with Crippen molar-refractivity contribution in [3.05, 3.63) is 54.4 Å². The van der Waals surface area contributed by atoms with Crippen molar-refractivity contribution >= 4 is 5.78 Å². The van der Waals surface area contributed by atoms with E-state index in [0.717, 1.165) is 31.2 Å². The molecule has 1 aromatic rings. The molecule has 4 heteroatoms. The highest BCUT2D eigenvalue weighted by atomic mass is 16.5. The van der Waals surface area contributed by atoms with Crippen molar-refractivity contribution in [3.63, 3.8) is 0 Å². The summed E-state index contributed by atoms with van der Waals surface area (Å²) in [5.74, 6) is 1.60. The van der Waals surface area contributed by atoms with Gasteiger partial charge in [0, 0.05) is 31.3 Å². The number of nitrogens with one attached hydrogen (secondary N) is 1. The van der Waals surface area contributed by atoms with Crippen LogP contribution in [0.4, 0.5) is 0 Å². The summed E-state index contributed by atoms with van der Waals surface area (Å²) in [4.78, 5) is 14.2. The van der Waals surface area contributed by atoms with Crippen LogP contribution in [0.1, 0.15) is 10.4 Å². The number of allylic oxidation sites excluding steroid dienone is 1. The van der Waals surface area contributed by atoms with Gasteiger partial charge >= 0.3 is 0 Å². The SMILES string of the molecule is C=CCN1CCN/C1=C/C(=O)c1ccc(OC)cc1. The lowest BCUT2D eigenvalue weighted by molar-refractivity contribution is 0.104. The number of hydrogen-bond donors (Lipinski definition) is 1. The van der Waals surface area contributed by atoms with Crippen LogP contribution in [0.3, 0.4) is 0 Å². The quantitative estimate of drug-likeness (QED) is 0.497. The first-order valence-corrected chi connectivity index (χ1v) is 6.24. The van der Waals surface area contributed by atoms with Crippen LogP contribution < -0.4 is 10.1 Å². The minimum atomic E-state index is -0.0129. The van der Waals surface area contributed by atoms with Crippen LogP contribution in [0.5, 0.6) is 5.75 Å². The van der Waals surface area contributed by atoms with Gasteiger partial charge in [-0.25, -0.2) is 0 Å². The Bertz CT molecular complexity index is 491. The first kappa shape index (κ1) is 13.2. The second kappa shape index (κ2) is 6.09. The van der Waals surface area contributed by atoms with Gasteiger partial charge in [-0.05, 0) is 24.3 Å². The van der Waals surface area contributed by atoms with Crippen molar-refractivity contribution in [2.75, 3.05) is 26.7 Å². The maximum atomic E-state index is 12.1. The van der Waals surface area contributed by atoms with E-state index in [-0.39, 0.29) is 5.78 Å². The van der Waals surface area contributed by atoms with Gasteiger partial charge in [-0.1, -0.05) is 6.08 Å². The molecule has 0 radical (unpaired) electrons. The average Bonchev–Trinajstić information content (AvgIpc) is 2.86. The maximum absolute atomic E-state index is 12.1. The van der Waals surface area contributed by atoms with Gasteiger partial charge in [0.15, 0.2) is 5.78 Å². The van der Waals surface area contributed by atoms with Gasteiger partial charge in [0.1, 0.15) is 11.6 Å². The second-order valence-corrected chi connectivity index (χ2v) is 4.28. The fourth-order valence-corrected chi connectivity index (χ4v) is 2.00. The molecule has 1 aliphatic rings. The standard InChI is InChI=1S/C15H18N2O2/c1-3-9-17-10-8-16-15(17)11-14(18)12-4-6-13(19-2)7-5-12/h3-7,11,16H,1,8-10H2,2H3/b15-11-. The molecule has 1 saturated heterocycles. The van der Waals surface area contributed by atoms with Crippen molar-refractivity contribution in [1.29, 1.82) is 0 Å². The highest BCUT2D eigenvalue weighted by Crippen LogP contribution is 2.14. The molecule has 4 nitrogen and oxygen atoms in total. The summed E-state index contributed by atoms with van der Waals surface area (Å²) in [6.45, 7) is 6.22. The number of benzene rings is 1. The first-order chi connectivity index (χ1) is 9.24. The molecule has 1 heterocycles. The fraction of sp³-hybridized carbons (Fsp3) is 0.267. The molecule has 0 aliphatic carbocycles. The van der Waals surface area contributed by atoms with Gasteiger partial charge in [0.05, 0.1) is 7.11 Å². The van der Waals surface area contributed by atoms with E-state index < -0.39 is 0 Å². The Morgan fingerprint density at radius 2 is 2.21 bits per heavy atom. The molecular weight excluding hydrogens is 240 g/mol. The van der Waals surface area contributed by atoms with E-state index in [2.05, 4.69) is 16.8 Å². The minimum absolute atomic E-state index is 0.0129. The molecule has 19 heavy (non-hydrogen) atoms. The Hall–Kier alpha value is -2.23. The lowest BCUT2D eigenvalue weighted by atomic mass is 10.1. The number of nitrogens with zero attached hydrogens (tertiary/aromatic N) is 1. The Morgan fingerprint density at radius 1 is 1.47 bits per heavy atom. The van der Waals surface area contributed by atoms with Crippen LogP contribution in [0.15, 0.2) is 48.8 Å². The van der Waals surface area contributed by atoms with Crippen molar-refractivity contribution in [1.82, 2.24) is 10.2 Å². The second-order valence-electron chi connectivity index (χ2n) is 4.28. The van der Waals surface area contributed by atoms with Crippen LogP contribution in [0.25, 0.3) is 0 Å². The van der Waals surface area contributed by atoms with E-state index in [9.17, 15) is 4.79 Å². The fourth-order valence-electron chi connectivity index (χ4n) is 2.00. The number of carbonyl (C=O) groups excluding carboxylic acids is 1.